The van der Waals surface area contributed by atoms with E-state index in [9.17, 15) is 9.59 Å². The number of carbonyl (C=O) groups excluding carboxylic acids is 2. The zero-order chi connectivity index (χ0) is 16.8. The number of likely N-dealkylation sites (tertiary alicyclic amines) is 1. The molecule has 0 aliphatic carbocycles. The number of ether oxygens (including phenoxy) is 2. The first-order valence-electron chi connectivity index (χ1n) is 7.78. The summed E-state index contributed by atoms with van der Waals surface area (Å²) in [6, 6.07) is 5.30. The summed E-state index contributed by atoms with van der Waals surface area (Å²) in [5.41, 5.74) is 1.93. The van der Waals surface area contributed by atoms with E-state index < -0.39 is 6.04 Å². The van der Waals surface area contributed by atoms with E-state index in [-0.39, 0.29) is 11.9 Å². The lowest BCUT2D eigenvalue weighted by Gasteiger charge is -2.32. The average Bonchev–Trinajstić information content (AvgIpc) is 2.59. The molecule has 1 aliphatic rings. The Morgan fingerprint density at radius 3 is 2.74 bits per heavy atom. The van der Waals surface area contributed by atoms with Gasteiger partial charge in [0.2, 0.25) is 5.91 Å². The van der Waals surface area contributed by atoms with Crippen molar-refractivity contribution < 1.29 is 19.1 Å². The number of nitrogens with zero attached hydrogens (tertiary/aromatic N) is 1. The van der Waals surface area contributed by atoms with Crippen molar-refractivity contribution in [2.45, 2.75) is 32.2 Å². The Hall–Kier alpha value is -2.30. The highest BCUT2D eigenvalue weighted by molar-refractivity contribution is 5.95. The van der Waals surface area contributed by atoms with Gasteiger partial charge in [0, 0.05) is 18.2 Å². The number of piperidine rings is 1. The van der Waals surface area contributed by atoms with Crippen LogP contribution < -0.4 is 4.74 Å². The molecule has 1 aromatic rings. The summed E-state index contributed by atoms with van der Waals surface area (Å²) < 4.78 is 10.1. The smallest absolute Gasteiger partial charge is 0.328 e. The minimum Gasteiger partial charge on any atom is -0.496 e. The van der Waals surface area contributed by atoms with Crippen molar-refractivity contribution in [2.24, 2.45) is 0 Å². The average molecular weight is 317 g/mol. The van der Waals surface area contributed by atoms with Crippen LogP contribution in [-0.2, 0) is 14.3 Å². The van der Waals surface area contributed by atoms with Crippen molar-refractivity contribution >= 4 is 18.0 Å². The fraction of sp³-hybridized carbons (Fsp3) is 0.444. The number of carbonyl (C=O) groups is 2. The second kappa shape index (κ2) is 7.81. The Labute approximate surface area is 136 Å². The number of methoxy groups -OCH3 is 2. The van der Waals surface area contributed by atoms with Gasteiger partial charge in [0.15, 0.2) is 0 Å². The molecule has 0 spiro atoms. The molecule has 0 aromatic heterocycles. The summed E-state index contributed by atoms with van der Waals surface area (Å²) >= 11 is 0. The molecule has 5 heteroatoms. The lowest BCUT2D eigenvalue weighted by atomic mass is 10.0. The standard InChI is InChI=1S/C18H23NO4/c1-13-7-9-16(22-2)14(12-13)8-10-17(20)19-11-5-4-6-15(19)18(21)23-3/h7-10,12,15H,4-6,11H2,1-3H3/b10-8+. The highest BCUT2D eigenvalue weighted by Gasteiger charge is 2.31. The van der Waals surface area contributed by atoms with Crippen LogP contribution in [0.15, 0.2) is 24.3 Å². The largest absolute Gasteiger partial charge is 0.496 e. The van der Waals surface area contributed by atoms with Crippen LogP contribution in [0.4, 0.5) is 0 Å². The molecule has 1 aliphatic heterocycles. The monoisotopic (exact) mass is 317 g/mol. The zero-order valence-corrected chi connectivity index (χ0v) is 13.9. The molecular weight excluding hydrogens is 294 g/mol. The Morgan fingerprint density at radius 2 is 2.04 bits per heavy atom. The lowest BCUT2D eigenvalue weighted by Crippen LogP contribution is -2.47. The lowest BCUT2D eigenvalue weighted by molar-refractivity contribution is -0.153. The van der Waals surface area contributed by atoms with Gasteiger partial charge in [-0.2, -0.15) is 0 Å². The molecule has 5 nitrogen and oxygen atoms in total. The van der Waals surface area contributed by atoms with E-state index in [2.05, 4.69) is 0 Å². The van der Waals surface area contributed by atoms with Gasteiger partial charge in [-0.25, -0.2) is 4.79 Å². The van der Waals surface area contributed by atoms with Gasteiger partial charge in [-0.3, -0.25) is 4.79 Å². The van der Waals surface area contributed by atoms with E-state index in [1.165, 1.54) is 13.2 Å². The fourth-order valence-corrected chi connectivity index (χ4v) is 2.82. The molecule has 2 rings (SSSR count). The molecule has 1 aromatic carbocycles. The number of aryl methyl sites for hydroxylation is 1. The second-order valence-electron chi connectivity index (χ2n) is 5.65. The van der Waals surface area contributed by atoms with Crippen molar-refractivity contribution in [1.82, 2.24) is 4.90 Å². The highest BCUT2D eigenvalue weighted by atomic mass is 16.5. The van der Waals surface area contributed by atoms with Crippen molar-refractivity contribution in [3.05, 3.63) is 35.4 Å². The zero-order valence-electron chi connectivity index (χ0n) is 13.9. The minimum atomic E-state index is -0.481. The quantitative estimate of drug-likeness (QED) is 0.632. The summed E-state index contributed by atoms with van der Waals surface area (Å²) in [6.45, 7) is 2.56. The normalized spacial score (nSPS) is 18.0. The van der Waals surface area contributed by atoms with Gasteiger partial charge in [-0.1, -0.05) is 11.6 Å². The van der Waals surface area contributed by atoms with Gasteiger partial charge in [0.1, 0.15) is 11.8 Å². The predicted octanol–water partition coefficient (Wildman–Crippen LogP) is 2.57. The predicted molar refractivity (Wildman–Crippen MR) is 88.1 cm³/mol. The Morgan fingerprint density at radius 1 is 1.26 bits per heavy atom. The van der Waals surface area contributed by atoms with Gasteiger partial charge < -0.3 is 14.4 Å². The summed E-state index contributed by atoms with van der Waals surface area (Å²) in [7, 11) is 2.95. The van der Waals surface area contributed by atoms with Crippen LogP contribution in [0.25, 0.3) is 6.08 Å². The molecule has 0 N–H and O–H groups in total. The van der Waals surface area contributed by atoms with E-state index in [1.54, 1.807) is 18.1 Å². The third-order valence-electron chi connectivity index (χ3n) is 4.05. The Bertz CT molecular complexity index is 609. The van der Waals surface area contributed by atoms with E-state index >= 15 is 0 Å². The van der Waals surface area contributed by atoms with E-state index in [1.807, 2.05) is 25.1 Å². The SMILES string of the molecule is COC(=O)C1CCCCN1C(=O)/C=C/c1cc(C)ccc1OC. The highest BCUT2D eigenvalue weighted by Crippen LogP contribution is 2.22. The topological polar surface area (TPSA) is 55.8 Å². The van der Waals surface area contributed by atoms with Crippen LogP contribution in [0.3, 0.4) is 0 Å². The molecular formula is C18H23NO4. The van der Waals surface area contributed by atoms with Gasteiger partial charge in [0.05, 0.1) is 14.2 Å². The van der Waals surface area contributed by atoms with Gasteiger partial charge >= 0.3 is 5.97 Å². The fourth-order valence-electron chi connectivity index (χ4n) is 2.82. The summed E-state index contributed by atoms with van der Waals surface area (Å²) in [5, 5.41) is 0. The number of hydrogen-bond acceptors (Lipinski definition) is 4. The summed E-state index contributed by atoms with van der Waals surface area (Å²) in [6.07, 6.45) is 5.72. The van der Waals surface area contributed by atoms with Crippen LogP contribution >= 0.6 is 0 Å². The Kier molecular flexibility index (Phi) is 5.79. The first-order valence-corrected chi connectivity index (χ1v) is 7.78. The van der Waals surface area contributed by atoms with Crippen molar-refractivity contribution in [3.8, 4) is 5.75 Å². The maximum absolute atomic E-state index is 12.5. The Balaban J connectivity index is 2.16. The van der Waals surface area contributed by atoms with Gasteiger partial charge in [-0.15, -0.1) is 0 Å². The van der Waals surface area contributed by atoms with E-state index in [0.29, 0.717) is 18.7 Å². The molecule has 1 unspecified atom stereocenters. The molecule has 0 radical (unpaired) electrons. The van der Waals surface area contributed by atoms with Crippen molar-refractivity contribution in [1.29, 1.82) is 0 Å². The third kappa shape index (κ3) is 4.12. The number of esters is 1. The van der Waals surface area contributed by atoms with Gasteiger partial charge in [-0.05, 0) is 44.4 Å². The maximum Gasteiger partial charge on any atom is 0.328 e. The number of benzene rings is 1. The molecule has 1 amide bonds. The second-order valence-corrected chi connectivity index (χ2v) is 5.65. The molecule has 1 atom stereocenters. The van der Waals surface area contributed by atoms with Crippen LogP contribution in [0, 0.1) is 6.92 Å². The molecule has 124 valence electrons. The van der Waals surface area contributed by atoms with E-state index in [4.69, 9.17) is 9.47 Å². The van der Waals surface area contributed by atoms with Crippen LogP contribution in [0.1, 0.15) is 30.4 Å². The van der Waals surface area contributed by atoms with E-state index in [0.717, 1.165) is 24.0 Å². The van der Waals surface area contributed by atoms with Crippen molar-refractivity contribution in [3.63, 3.8) is 0 Å². The summed E-state index contributed by atoms with van der Waals surface area (Å²) in [5.74, 6) is 0.186. The summed E-state index contributed by atoms with van der Waals surface area (Å²) in [4.78, 5) is 25.9. The third-order valence-corrected chi connectivity index (χ3v) is 4.05. The first kappa shape index (κ1) is 17.1. The number of rotatable bonds is 4. The number of hydrogen-bond donors (Lipinski definition) is 0. The van der Waals surface area contributed by atoms with Crippen LogP contribution in [0.2, 0.25) is 0 Å². The maximum atomic E-state index is 12.5. The molecule has 23 heavy (non-hydrogen) atoms. The molecule has 1 saturated heterocycles. The molecule has 0 saturated carbocycles. The van der Waals surface area contributed by atoms with Crippen LogP contribution in [0.5, 0.6) is 5.75 Å². The number of amides is 1. The molecule has 1 heterocycles. The van der Waals surface area contributed by atoms with Gasteiger partial charge in [0.25, 0.3) is 0 Å². The van der Waals surface area contributed by atoms with Crippen molar-refractivity contribution in [2.75, 3.05) is 20.8 Å². The van der Waals surface area contributed by atoms with Crippen LogP contribution in [-0.4, -0.2) is 43.6 Å². The minimum absolute atomic E-state index is 0.177. The molecule has 0 bridgehead atoms. The molecule has 1 fully saturated rings. The first-order chi connectivity index (χ1) is 11.1.